The van der Waals surface area contributed by atoms with Crippen LogP contribution >= 0.6 is 35.6 Å². The van der Waals surface area contributed by atoms with E-state index in [1.165, 1.54) is 0 Å². The van der Waals surface area contributed by atoms with E-state index in [1.807, 2.05) is 12.1 Å². The van der Waals surface area contributed by atoms with Crippen LogP contribution in [0.25, 0.3) is 0 Å². The molecule has 0 aromatic carbocycles. The molecule has 0 aliphatic carbocycles. The standard InChI is InChI=1S/C17H26ClN5O.HI/c1-2-19-17(21-11-14-5-4-10-24-14)22-13-7-9-23(12-13)16-15(18)6-3-8-20-16;/h3,6,8,13-14H,2,4-5,7,9-12H2,1H3,(H2,19,21,22);1H. The van der Waals surface area contributed by atoms with E-state index in [-0.39, 0.29) is 30.1 Å². The van der Waals surface area contributed by atoms with Crippen molar-refractivity contribution in [2.75, 3.05) is 37.7 Å². The van der Waals surface area contributed by atoms with Gasteiger partial charge in [0.1, 0.15) is 5.82 Å². The predicted octanol–water partition coefficient (Wildman–Crippen LogP) is 2.67. The van der Waals surface area contributed by atoms with Crippen LogP contribution < -0.4 is 15.5 Å². The van der Waals surface area contributed by atoms with Crippen LogP contribution in [0.15, 0.2) is 23.3 Å². The minimum Gasteiger partial charge on any atom is -0.376 e. The molecule has 2 aliphatic heterocycles. The Morgan fingerprint density at radius 3 is 3.08 bits per heavy atom. The number of halogens is 2. The Morgan fingerprint density at radius 1 is 1.48 bits per heavy atom. The minimum absolute atomic E-state index is 0. The van der Waals surface area contributed by atoms with Crippen molar-refractivity contribution in [2.45, 2.75) is 38.3 Å². The Bertz CT molecular complexity index is 568. The number of rotatable bonds is 5. The smallest absolute Gasteiger partial charge is 0.191 e. The molecule has 0 amide bonds. The molecule has 2 unspecified atom stereocenters. The summed E-state index contributed by atoms with van der Waals surface area (Å²) in [7, 11) is 0. The maximum absolute atomic E-state index is 6.26. The highest BCUT2D eigenvalue weighted by Crippen LogP contribution is 2.25. The zero-order valence-electron chi connectivity index (χ0n) is 14.6. The number of anilines is 1. The number of aromatic nitrogens is 1. The molecular formula is C17H27ClIN5O. The lowest BCUT2D eigenvalue weighted by Gasteiger charge is -2.20. The summed E-state index contributed by atoms with van der Waals surface area (Å²) in [5.41, 5.74) is 0. The van der Waals surface area contributed by atoms with Crippen LogP contribution in [0.1, 0.15) is 26.2 Å². The molecule has 3 heterocycles. The van der Waals surface area contributed by atoms with Crippen molar-refractivity contribution in [3.8, 4) is 0 Å². The second kappa shape index (κ2) is 10.4. The Hall–Kier alpha value is -0.800. The van der Waals surface area contributed by atoms with Crippen LogP contribution in [0.3, 0.4) is 0 Å². The molecule has 2 atom stereocenters. The van der Waals surface area contributed by atoms with Gasteiger partial charge in [0.2, 0.25) is 0 Å². The third-order valence-electron chi connectivity index (χ3n) is 4.39. The number of guanidine groups is 1. The summed E-state index contributed by atoms with van der Waals surface area (Å²) in [5.74, 6) is 1.73. The molecule has 1 aromatic heterocycles. The first-order valence-electron chi connectivity index (χ1n) is 8.78. The van der Waals surface area contributed by atoms with Gasteiger partial charge in [-0.25, -0.2) is 4.98 Å². The fraction of sp³-hybridized carbons (Fsp3) is 0.647. The van der Waals surface area contributed by atoms with Gasteiger partial charge >= 0.3 is 0 Å². The number of pyridine rings is 1. The number of hydrogen-bond acceptors (Lipinski definition) is 4. The van der Waals surface area contributed by atoms with E-state index in [9.17, 15) is 0 Å². The lowest BCUT2D eigenvalue weighted by atomic mass is 10.2. The summed E-state index contributed by atoms with van der Waals surface area (Å²) in [6.07, 6.45) is 5.35. The summed E-state index contributed by atoms with van der Waals surface area (Å²) >= 11 is 6.26. The van der Waals surface area contributed by atoms with Crippen molar-refractivity contribution >= 4 is 47.4 Å². The summed E-state index contributed by atoms with van der Waals surface area (Å²) in [6.45, 7) is 6.34. The van der Waals surface area contributed by atoms with E-state index in [0.717, 1.165) is 63.8 Å². The highest BCUT2D eigenvalue weighted by atomic mass is 127. The van der Waals surface area contributed by atoms with Crippen molar-refractivity contribution in [2.24, 2.45) is 4.99 Å². The Balaban J connectivity index is 0.00000225. The van der Waals surface area contributed by atoms with Crippen LogP contribution in [0.5, 0.6) is 0 Å². The molecule has 1 aromatic rings. The highest BCUT2D eigenvalue weighted by molar-refractivity contribution is 14.0. The van der Waals surface area contributed by atoms with Crippen LogP contribution in [0.2, 0.25) is 5.02 Å². The van der Waals surface area contributed by atoms with Gasteiger partial charge in [0.15, 0.2) is 5.96 Å². The van der Waals surface area contributed by atoms with Crippen LogP contribution in [-0.2, 0) is 4.74 Å². The molecule has 6 nitrogen and oxygen atoms in total. The fourth-order valence-corrected chi connectivity index (χ4v) is 3.42. The van der Waals surface area contributed by atoms with Crippen LogP contribution in [0.4, 0.5) is 5.82 Å². The van der Waals surface area contributed by atoms with Crippen molar-refractivity contribution in [1.29, 1.82) is 0 Å². The van der Waals surface area contributed by atoms with E-state index >= 15 is 0 Å². The lowest BCUT2D eigenvalue weighted by Crippen LogP contribution is -2.45. The first kappa shape index (κ1) is 20.5. The van der Waals surface area contributed by atoms with Crippen molar-refractivity contribution in [3.05, 3.63) is 23.4 Å². The zero-order valence-corrected chi connectivity index (χ0v) is 17.7. The molecule has 0 spiro atoms. The maximum atomic E-state index is 6.26. The molecule has 2 saturated heterocycles. The summed E-state index contributed by atoms with van der Waals surface area (Å²) in [6, 6.07) is 4.08. The quantitative estimate of drug-likeness (QED) is 0.386. The van der Waals surface area contributed by atoms with Crippen LogP contribution in [0, 0.1) is 0 Å². The van der Waals surface area contributed by atoms with Crippen molar-refractivity contribution in [1.82, 2.24) is 15.6 Å². The number of ether oxygens (including phenoxy) is 1. The van der Waals surface area contributed by atoms with E-state index < -0.39 is 0 Å². The van der Waals surface area contributed by atoms with Gasteiger partial charge in [-0.1, -0.05) is 11.6 Å². The van der Waals surface area contributed by atoms with Gasteiger partial charge in [-0.3, -0.25) is 4.99 Å². The van der Waals surface area contributed by atoms with Gasteiger partial charge in [-0.15, -0.1) is 24.0 Å². The molecule has 0 saturated carbocycles. The summed E-state index contributed by atoms with van der Waals surface area (Å²) in [4.78, 5) is 11.3. The molecule has 2 aliphatic rings. The number of aliphatic imine (C=N–C) groups is 1. The lowest BCUT2D eigenvalue weighted by molar-refractivity contribution is 0.117. The van der Waals surface area contributed by atoms with Gasteiger partial charge in [-0.05, 0) is 38.3 Å². The molecule has 25 heavy (non-hydrogen) atoms. The van der Waals surface area contributed by atoms with Gasteiger partial charge < -0.3 is 20.3 Å². The molecule has 0 bridgehead atoms. The molecule has 140 valence electrons. The molecular weight excluding hydrogens is 453 g/mol. The predicted molar refractivity (Wildman–Crippen MR) is 113 cm³/mol. The van der Waals surface area contributed by atoms with E-state index in [1.54, 1.807) is 6.20 Å². The summed E-state index contributed by atoms with van der Waals surface area (Å²) in [5, 5.41) is 7.56. The second-order valence-corrected chi connectivity index (χ2v) is 6.65. The van der Waals surface area contributed by atoms with Crippen molar-refractivity contribution < 1.29 is 4.74 Å². The molecule has 3 rings (SSSR count). The van der Waals surface area contributed by atoms with Crippen molar-refractivity contribution in [3.63, 3.8) is 0 Å². The monoisotopic (exact) mass is 479 g/mol. The molecule has 0 radical (unpaired) electrons. The van der Waals surface area contributed by atoms with Gasteiger partial charge in [0.25, 0.3) is 0 Å². The number of hydrogen-bond donors (Lipinski definition) is 2. The highest BCUT2D eigenvalue weighted by Gasteiger charge is 2.25. The first-order chi connectivity index (χ1) is 11.8. The third kappa shape index (κ3) is 5.86. The van der Waals surface area contributed by atoms with Gasteiger partial charge in [-0.2, -0.15) is 0 Å². The topological polar surface area (TPSA) is 61.8 Å². The average molecular weight is 480 g/mol. The minimum atomic E-state index is 0. The normalized spacial score (nSPS) is 23.4. The number of nitrogens with one attached hydrogen (secondary N) is 2. The molecule has 8 heteroatoms. The second-order valence-electron chi connectivity index (χ2n) is 6.24. The molecule has 2 fully saturated rings. The Kier molecular flexibility index (Phi) is 8.51. The van der Waals surface area contributed by atoms with Gasteiger partial charge in [0, 0.05) is 38.5 Å². The first-order valence-corrected chi connectivity index (χ1v) is 9.16. The average Bonchev–Trinajstić information content (AvgIpc) is 3.25. The largest absolute Gasteiger partial charge is 0.376 e. The van der Waals surface area contributed by atoms with E-state index in [2.05, 4.69) is 32.4 Å². The van der Waals surface area contributed by atoms with E-state index in [0.29, 0.717) is 11.1 Å². The number of nitrogens with zero attached hydrogens (tertiary/aromatic N) is 3. The zero-order chi connectivity index (χ0) is 16.8. The maximum Gasteiger partial charge on any atom is 0.191 e. The Labute approximate surface area is 171 Å². The summed E-state index contributed by atoms with van der Waals surface area (Å²) < 4.78 is 5.65. The van der Waals surface area contributed by atoms with E-state index in [4.69, 9.17) is 16.3 Å². The third-order valence-corrected chi connectivity index (χ3v) is 4.68. The Morgan fingerprint density at radius 2 is 2.36 bits per heavy atom. The SMILES string of the molecule is CCNC(=NCC1CCCO1)NC1CCN(c2ncccc2Cl)C1.I. The fourth-order valence-electron chi connectivity index (χ4n) is 3.18. The van der Waals surface area contributed by atoms with Crippen LogP contribution in [-0.4, -0.2) is 55.9 Å². The molecule has 2 N–H and O–H groups in total. The van der Waals surface area contributed by atoms with Gasteiger partial charge in [0.05, 0.1) is 17.7 Å².